The van der Waals surface area contributed by atoms with E-state index in [1.54, 1.807) is 6.07 Å². The average Bonchev–Trinajstić information content (AvgIpc) is 2.36. The topological polar surface area (TPSA) is 39.2 Å². The molecule has 0 aliphatic rings. The number of fused-ring (bicyclic) bond motifs is 1. The molecule has 0 atom stereocenters. The van der Waals surface area contributed by atoms with Crippen molar-refractivity contribution in [2.45, 2.75) is 18.9 Å². The number of ether oxygens (including phenoxy) is 1. The number of benzene rings is 1. The van der Waals surface area contributed by atoms with Gasteiger partial charge in [-0.2, -0.15) is 0 Å². The molecule has 0 bridgehead atoms. The maximum Gasteiger partial charge on any atom is 0.303 e. The van der Waals surface area contributed by atoms with Crippen LogP contribution >= 0.6 is 27.5 Å². The fourth-order valence-corrected chi connectivity index (χ4v) is 2.24. The standard InChI is InChI=1S/C13H11BrClNO2/c1-8(17)18-7-10-5-12(15)11-4-9(6-14)2-3-13(11)16-10/h2-5H,6-7H2,1H3. The number of halogens is 2. The molecule has 0 N–H and O–H groups in total. The SMILES string of the molecule is CC(=O)OCc1cc(Cl)c2cc(CBr)ccc2n1. The molecule has 0 unspecified atom stereocenters. The Morgan fingerprint density at radius 2 is 2.22 bits per heavy atom. The molecule has 1 heterocycles. The molecule has 0 aliphatic carbocycles. The first-order valence-electron chi connectivity index (χ1n) is 5.37. The van der Waals surface area contributed by atoms with Gasteiger partial charge < -0.3 is 4.74 Å². The second-order valence-corrected chi connectivity index (χ2v) is 4.83. The summed E-state index contributed by atoms with van der Waals surface area (Å²) in [5.41, 5.74) is 2.59. The number of rotatable bonds is 3. The highest BCUT2D eigenvalue weighted by Crippen LogP contribution is 2.25. The lowest BCUT2D eigenvalue weighted by Crippen LogP contribution is -2.01. The summed E-state index contributed by atoms with van der Waals surface area (Å²) >= 11 is 9.61. The minimum atomic E-state index is -0.331. The maximum atomic E-state index is 10.8. The van der Waals surface area contributed by atoms with E-state index in [1.165, 1.54) is 6.92 Å². The van der Waals surface area contributed by atoms with Crippen LogP contribution in [0.25, 0.3) is 10.9 Å². The second-order valence-electron chi connectivity index (χ2n) is 3.86. The van der Waals surface area contributed by atoms with E-state index in [1.807, 2.05) is 18.2 Å². The molecular weight excluding hydrogens is 318 g/mol. The molecule has 0 spiro atoms. The van der Waals surface area contributed by atoms with Gasteiger partial charge in [0.25, 0.3) is 0 Å². The Bertz CT molecular complexity index is 601. The van der Waals surface area contributed by atoms with Crippen molar-refractivity contribution < 1.29 is 9.53 Å². The summed E-state index contributed by atoms with van der Waals surface area (Å²) in [6.07, 6.45) is 0. The molecule has 0 amide bonds. The number of carbonyl (C=O) groups is 1. The quantitative estimate of drug-likeness (QED) is 0.634. The smallest absolute Gasteiger partial charge is 0.303 e. The molecule has 2 rings (SSSR count). The van der Waals surface area contributed by atoms with Crippen LogP contribution in [0.1, 0.15) is 18.2 Å². The van der Waals surface area contributed by atoms with E-state index in [9.17, 15) is 4.79 Å². The van der Waals surface area contributed by atoms with E-state index in [0.29, 0.717) is 10.7 Å². The van der Waals surface area contributed by atoms with Gasteiger partial charge in [-0.05, 0) is 23.8 Å². The zero-order valence-corrected chi connectivity index (χ0v) is 12.1. The van der Waals surface area contributed by atoms with Gasteiger partial charge in [0.2, 0.25) is 0 Å². The Morgan fingerprint density at radius 1 is 1.44 bits per heavy atom. The van der Waals surface area contributed by atoms with Crippen LogP contribution in [0.15, 0.2) is 24.3 Å². The first kappa shape index (κ1) is 13.3. The Morgan fingerprint density at radius 3 is 2.89 bits per heavy atom. The van der Waals surface area contributed by atoms with Gasteiger partial charge in [0.05, 0.1) is 16.2 Å². The van der Waals surface area contributed by atoms with Crippen LogP contribution in [0.4, 0.5) is 0 Å². The van der Waals surface area contributed by atoms with Crippen LogP contribution in [0, 0.1) is 0 Å². The van der Waals surface area contributed by atoms with Crippen LogP contribution in [0.3, 0.4) is 0 Å². The molecule has 1 aromatic heterocycles. The van der Waals surface area contributed by atoms with Crippen LogP contribution in [-0.2, 0) is 21.5 Å². The van der Waals surface area contributed by atoms with E-state index in [0.717, 1.165) is 21.8 Å². The zero-order chi connectivity index (χ0) is 13.1. The van der Waals surface area contributed by atoms with Crippen LogP contribution < -0.4 is 0 Å². The molecule has 1 aromatic carbocycles. The number of aromatic nitrogens is 1. The lowest BCUT2D eigenvalue weighted by molar-refractivity contribution is -0.142. The van der Waals surface area contributed by atoms with Crippen molar-refractivity contribution in [1.29, 1.82) is 0 Å². The predicted octanol–water partition coefficient (Wildman–Crippen LogP) is 3.85. The molecule has 0 saturated carbocycles. The molecule has 18 heavy (non-hydrogen) atoms. The molecule has 0 fully saturated rings. The highest BCUT2D eigenvalue weighted by Gasteiger charge is 2.06. The van der Waals surface area contributed by atoms with E-state index in [2.05, 4.69) is 20.9 Å². The van der Waals surface area contributed by atoms with Crippen molar-refractivity contribution >= 4 is 44.4 Å². The molecule has 0 radical (unpaired) electrons. The number of nitrogens with zero attached hydrogens (tertiary/aromatic N) is 1. The number of alkyl halides is 1. The van der Waals surface area contributed by atoms with Crippen molar-refractivity contribution in [3.63, 3.8) is 0 Å². The number of esters is 1. The van der Waals surface area contributed by atoms with Gasteiger partial charge in [-0.15, -0.1) is 0 Å². The Labute approximate surface area is 118 Å². The highest BCUT2D eigenvalue weighted by atomic mass is 79.9. The predicted molar refractivity (Wildman–Crippen MR) is 74.9 cm³/mol. The minimum absolute atomic E-state index is 0.144. The van der Waals surface area contributed by atoms with Gasteiger partial charge in [-0.3, -0.25) is 4.79 Å². The fourth-order valence-electron chi connectivity index (χ4n) is 1.62. The summed E-state index contributed by atoms with van der Waals surface area (Å²) in [6.45, 7) is 1.51. The third-order valence-electron chi connectivity index (χ3n) is 2.45. The van der Waals surface area contributed by atoms with Crippen molar-refractivity contribution in [1.82, 2.24) is 4.98 Å². The van der Waals surface area contributed by atoms with Crippen LogP contribution in [0.5, 0.6) is 0 Å². The summed E-state index contributed by atoms with van der Waals surface area (Å²) < 4.78 is 4.91. The van der Waals surface area contributed by atoms with Gasteiger partial charge in [0, 0.05) is 17.6 Å². The van der Waals surface area contributed by atoms with Gasteiger partial charge >= 0.3 is 5.97 Å². The number of carbonyl (C=O) groups excluding carboxylic acids is 1. The minimum Gasteiger partial charge on any atom is -0.459 e. The van der Waals surface area contributed by atoms with E-state index in [-0.39, 0.29) is 12.6 Å². The maximum absolute atomic E-state index is 10.8. The lowest BCUT2D eigenvalue weighted by atomic mass is 10.1. The first-order valence-corrected chi connectivity index (χ1v) is 6.87. The number of pyridine rings is 1. The Kier molecular flexibility index (Phi) is 4.19. The monoisotopic (exact) mass is 327 g/mol. The van der Waals surface area contributed by atoms with Gasteiger partial charge in [-0.25, -0.2) is 4.98 Å². The lowest BCUT2D eigenvalue weighted by Gasteiger charge is -2.06. The Balaban J connectivity index is 2.40. The average molecular weight is 329 g/mol. The van der Waals surface area contributed by atoms with Gasteiger partial charge in [-0.1, -0.05) is 33.6 Å². The summed E-state index contributed by atoms with van der Waals surface area (Å²) in [4.78, 5) is 15.2. The van der Waals surface area contributed by atoms with Gasteiger partial charge in [0.15, 0.2) is 0 Å². The summed E-state index contributed by atoms with van der Waals surface area (Å²) in [6, 6.07) is 7.62. The van der Waals surface area contributed by atoms with Crippen LogP contribution in [0.2, 0.25) is 5.02 Å². The highest BCUT2D eigenvalue weighted by molar-refractivity contribution is 9.08. The van der Waals surface area contributed by atoms with E-state index in [4.69, 9.17) is 16.3 Å². The summed E-state index contributed by atoms with van der Waals surface area (Å²) in [5, 5.41) is 2.29. The van der Waals surface area contributed by atoms with E-state index < -0.39 is 0 Å². The molecular formula is C13H11BrClNO2. The second kappa shape index (κ2) is 5.67. The third kappa shape index (κ3) is 3.00. The van der Waals surface area contributed by atoms with Gasteiger partial charge in [0.1, 0.15) is 6.61 Å². The summed E-state index contributed by atoms with van der Waals surface area (Å²) in [7, 11) is 0. The summed E-state index contributed by atoms with van der Waals surface area (Å²) in [5.74, 6) is -0.331. The van der Waals surface area contributed by atoms with Crippen molar-refractivity contribution in [3.05, 3.63) is 40.5 Å². The molecule has 0 saturated heterocycles. The molecule has 94 valence electrons. The number of hydrogen-bond donors (Lipinski definition) is 0. The molecule has 3 nitrogen and oxygen atoms in total. The van der Waals surface area contributed by atoms with Crippen molar-refractivity contribution in [3.8, 4) is 0 Å². The first-order chi connectivity index (χ1) is 8.60. The van der Waals surface area contributed by atoms with Crippen molar-refractivity contribution in [2.24, 2.45) is 0 Å². The third-order valence-corrected chi connectivity index (χ3v) is 3.41. The molecule has 2 aromatic rings. The zero-order valence-electron chi connectivity index (χ0n) is 9.74. The number of hydrogen-bond acceptors (Lipinski definition) is 3. The van der Waals surface area contributed by atoms with E-state index >= 15 is 0 Å². The largest absolute Gasteiger partial charge is 0.459 e. The fraction of sp³-hybridized carbons (Fsp3) is 0.231. The molecule has 0 aliphatic heterocycles. The van der Waals surface area contributed by atoms with Crippen molar-refractivity contribution in [2.75, 3.05) is 0 Å². The Hall–Kier alpha value is -1.13. The molecule has 5 heteroatoms. The normalized spacial score (nSPS) is 10.6. The van der Waals surface area contributed by atoms with Crippen LogP contribution in [-0.4, -0.2) is 11.0 Å².